The zero-order chi connectivity index (χ0) is 14.5. The van der Waals surface area contributed by atoms with Gasteiger partial charge in [-0.3, -0.25) is 9.69 Å². The summed E-state index contributed by atoms with van der Waals surface area (Å²) in [5, 5.41) is 2.66. The van der Waals surface area contributed by atoms with E-state index >= 15 is 0 Å². The number of carbonyl (C=O) groups is 1. The molecular weight excluding hydrogens is 264 g/mol. The van der Waals surface area contributed by atoms with Gasteiger partial charge in [-0.1, -0.05) is 0 Å². The molecular formula is C14H19F2N3O. The Hall–Kier alpha value is -1.53. The lowest BCUT2D eigenvalue weighted by molar-refractivity contribution is 0.0937. The number of rotatable bonds is 4. The van der Waals surface area contributed by atoms with Crippen molar-refractivity contribution in [1.82, 2.24) is 15.1 Å². The van der Waals surface area contributed by atoms with Crippen LogP contribution in [0.25, 0.3) is 0 Å². The summed E-state index contributed by atoms with van der Waals surface area (Å²) in [6.45, 7) is 5.16. The molecule has 0 aromatic heterocycles. The number of hydrogen-bond acceptors (Lipinski definition) is 3. The lowest BCUT2D eigenvalue weighted by Gasteiger charge is -2.32. The standard InChI is InChI=1S/C14H19F2N3O/c1-18-6-8-19(9-7-18)5-4-17-14(20)12-3-2-11(15)10-13(12)16/h2-3,10H,4-9H2,1H3,(H,17,20). The van der Waals surface area contributed by atoms with E-state index < -0.39 is 17.5 Å². The van der Waals surface area contributed by atoms with Gasteiger partial charge in [0.1, 0.15) is 11.6 Å². The van der Waals surface area contributed by atoms with Gasteiger partial charge < -0.3 is 10.2 Å². The zero-order valence-electron chi connectivity index (χ0n) is 11.5. The van der Waals surface area contributed by atoms with Crippen molar-refractivity contribution in [2.75, 3.05) is 46.3 Å². The van der Waals surface area contributed by atoms with Gasteiger partial charge in [-0.15, -0.1) is 0 Å². The number of nitrogens with zero attached hydrogens (tertiary/aromatic N) is 2. The van der Waals surface area contributed by atoms with Crippen LogP contribution in [0.5, 0.6) is 0 Å². The largest absolute Gasteiger partial charge is 0.351 e. The van der Waals surface area contributed by atoms with Crippen molar-refractivity contribution < 1.29 is 13.6 Å². The third-order valence-electron chi connectivity index (χ3n) is 3.49. The van der Waals surface area contributed by atoms with Crippen LogP contribution in [-0.2, 0) is 0 Å². The monoisotopic (exact) mass is 283 g/mol. The molecule has 20 heavy (non-hydrogen) atoms. The second-order valence-electron chi connectivity index (χ2n) is 5.02. The fraction of sp³-hybridized carbons (Fsp3) is 0.500. The molecule has 0 unspecified atom stereocenters. The van der Waals surface area contributed by atoms with E-state index in [9.17, 15) is 13.6 Å². The van der Waals surface area contributed by atoms with E-state index in [1.165, 1.54) is 0 Å². The fourth-order valence-corrected chi connectivity index (χ4v) is 2.17. The van der Waals surface area contributed by atoms with Gasteiger partial charge in [0, 0.05) is 45.3 Å². The highest BCUT2D eigenvalue weighted by Gasteiger charge is 2.15. The predicted molar refractivity (Wildman–Crippen MR) is 72.6 cm³/mol. The number of hydrogen-bond donors (Lipinski definition) is 1. The average Bonchev–Trinajstić information content (AvgIpc) is 2.41. The average molecular weight is 283 g/mol. The lowest BCUT2D eigenvalue weighted by atomic mass is 10.2. The number of carbonyl (C=O) groups excluding carboxylic acids is 1. The van der Waals surface area contributed by atoms with Crippen LogP contribution in [0, 0.1) is 11.6 Å². The Morgan fingerprint density at radius 1 is 1.25 bits per heavy atom. The Bertz CT molecular complexity index is 473. The summed E-state index contributed by atoms with van der Waals surface area (Å²) in [6, 6.07) is 2.96. The fourth-order valence-electron chi connectivity index (χ4n) is 2.17. The van der Waals surface area contributed by atoms with Gasteiger partial charge in [0.2, 0.25) is 0 Å². The van der Waals surface area contributed by atoms with E-state index in [1.54, 1.807) is 0 Å². The van der Waals surface area contributed by atoms with Gasteiger partial charge >= 0.3 is 0 Å². The molecule has 110 valence electrons. The second kappa shape index (κ2) is 6.76. The highest BCUT2D eigenvalue weighted by atomic mass is 19.1. The normalized spacial score (nSPS) is 17.1. The number of piperazine rings is 1. The zero-order valence-corrected chi connectivity index (χ0v) is 11.5. The maximum absolute atomic E-state index is 13.4. The molecule has 0 aliphatic carbocycles. The minimum absolute atomic E-state index is 0.121. The van der Waals surface area contributed by atoms with Gasteiger partial charge in [-0.2, -0.15) is 0 Å². The number of halogens is 2. The van der Waals surface area contributed by atoms with Crippen LogP contribution >= 0.6 is 0 Å². The molecule has 1 saturated heterocycles. The minimum Gasteiger partial charge on any atom is -0.351 e. The maximum atomic E-state index is 13.4. The van der Waals surface area contributed by atoms with Crippen molar-refractivity contribution in [3.05, 3.63) is 35.4 Å². The Morgan fingerprint density at radius 2 is 1.95 bits per heavy atom. The molecule has 1 aromatic rings. The van der Waals surface area contributed by atoms with Gasteiger partial charge in [-0.25, -0.2) is 8.78 Å². The van der Waals surface area contributed by atoms with Crippen LogP contribution in [0.15, 0.2) is 18.2 Å². The van der Waals surface area contributed by atoms with Crippen molar-refractivity contribution in [1.29, 1.82) is 0 Å². The number of likely N-dealkylation sites (N-methyl/N-ethyl adjacent to an activating group) is 1. The molecule has 1 heterocycles. The first-order valence-corrected chi connectivity index (χ1v) is 6.70. The summed E-state index contributed by atoms with van der Waals surface area (Å²) in [4.78, 5) is 16.3. The van der Waals surface area contributed by atoms with Crippen molar-refractivity contribution in [3.8, 4) is 0 Å². The SMILES string of the molecule is CN1CCN(CCNC(=O)c2ccc(F)cc2F)CC1. The van der Waals surface area contributed by atoms with E-state index in [2.05, 4.69) is 22.2 Å². The summed E-state index contributed by atoms with van der Waals surface area (Å²) in [5.41, 5.74) is -0.121. The summed E-state index contributed by atoms with van der Waals surface area (Å²) in [5.74, 6) is -2.02. The maximum Gasteiger partial charge on any atom is 0.254 e. The topological polar surface area (TPSA) is 35.6 Å². The van der Waals surface area contributed by atoms with Crippen molar-refractivity contribution in [2.45, 2.75) is 0 Å². The van der Waals surface area contributed by atoms with E-state index in [0.717, 1.165) is 50.9 Å². The quantitative estimate of drug-likeness (QED) is 0.893. The van der Waals surface area contributed by atoms with Gasteiger partial charge in [-0.05, 0) is 19.2 Å². The highest BCUT2D eigenvalue weighted by Crippen LogP contribution is 2.09. The third kappa shape index (κ3) is 3.98. The van der Waals surface area contributed by atoms with Crippen LogP contribution in [0.4, 0.5) is 8.78 Å². The molecule has 0 spiro atoms. The Morgan fingerprint density at radius 3 is 2.60 bits per heavy atom. The molecule has 1 aliphatic heterocycles. The summed E-state index contributed by atoms with van der Waals surface area (Å²) < 4.78 is 26.2. The molecule has 1 fully saturated rings. The van der Waals surface area contributed by atoms with Crippen LogP contribution in [0.3, 0.4) is 0 Å². The van der Waals surface area contributed by atoms with E-state index in [0.29, 0.717) is 6.54 Å². The van der Waals surface area contributed by atoms with E-state index in [1.807, 2.05) is 0 Å². The van der Waals surface area contributed by atoms with Crippen LogP contribution < -0.4 is 5.32 Å². The Labute approximate surface area is 117 Å². The number of nitrogens with one attached hydrogen (secondary N) is 1. The molecule has 0 atom stereocenters. The van der Waals surface area contributed by atoms with Crippen molar-refractivity contribution in [2.24, 2.45) is 0 Å². The lowest BCUT2D eigenvalue weighted by Crippen LogP contribution is -2.46. The molecule has 4 nitrogen and oxygen atoms in total. The third-order valence-corrected chi connectivity index (χ3v) is 3.49. The Balaban J connectivity index is 1.77. The first kappa shape index (κ1) is 14.9. The van der Waals surface area contributed by atoms with Crippen molar-refractivity contribution in [3.63, 3.8) is 0 Å². The van der Waals surface area contributed by atoms with E-state index in [-0.39, 0.29) is 5.56 Å². The molecule has 1 aromatic carbocycles. The molecule has 1 aliphatic rings. The molecule has 1 amide bonds. The molecule has 2 rings (SSSR count). The van der Waals surface area contributed by atoms with Crippen LogP contribution in [0.1, 0.15) is 10.4 Å². The highest BCUT2D eigenvalue weighted by molar-refractivity contribution is 5.94. The molecule has 6 heteroatoms. The number of amides is 1. The second-order valence-corrected chi connectivity index (χ2v) is 5.02. The molecule has 0 bridgehead atoms. The summed E-state index contributed by atoms with van der Waals surface area (Å²) in [6.07, 6.45) is 0. The van der Waals surface area contributed by atoms with Crippen LogP contribution in [0.2, 0.25) is 0 Å². The van der Waals surface area contributed by atoms with Gasteiger partial charge in [0.15, 0.2) is 0 Å². The van der Waals surface area contributed by atoms with E-state index in [4.69, 9.17) is 0 Å². The minimum atomic E-state index is -0.831. The molecule has 0 saturated carbocycles. The first-order valence-electron chi connectivity index (χ1n) is 6.70. The van der Waals surface area contributed by atoms with Crippen molar-refractivity contribution >= 4 is 5.91 Å². The van der Waals surface area contributed by atoms with Gasteiger partial charge in [0.25, 0.3) is 5.91 Å². The Kier molecular flexibility index (Phi) is 5.03. The summed E-state index contributed by atoms with van der Waals surface area (Å²) in [7, 11) is 2.08. The molecule has 0 radical (unpaired) electrons. The smallest absolute Gasteiger partial charge is 0.254 e. The molecule has 1 N–H and O–H groups in total. The predicted octanol–water partition coefficient (Wildman–Crippen LogP) is 0.942. The van der Waals surface area contributed by atoms with Crippen LogP contribution in [-0.4, -0.2) is 62.0 Å². The summed E-state index contributed by atoms with van der Waals surface area (Å²) >= 11 is 0. The number of benzene rings is 1. The first-order chi connectivity index (χ1) is 9.56. The van der Waals surface area contributed by atoms with Gasteiger partial charge in [0.05, 0.1) is 5.56 Å².